The fraction of sp³-hybridized carbons (Fsp3) is 0.0909. The first-order valence-electron chi connectivity index (χ1n) is 4.86. The third-order valence-electron chi connectivity index (χ3n) is 2.10. The molecule has 2 aromatic rings. The van der Waals surface area contributed by atoms with Gasteiger partial charge in [-0.3, -0.25) is 4.79 Å². The van der Waals surface area contributed by atoms with Gasteiger partial charge in [0.25, 0.3) is 5.91 Å². The van der Waals surface area contributed by atoms with E-state index in [9.17, 15) is 4.79 Å². The molecular formula is C11H10BrN3OS. The van der Waals surface area contributed by atoms with Gasteiger partial charge < -0.3 is 11.1 Å². The molecule has 1 heterocycles. The van der Waals surface area contributed by atoms with Gasteiger partial charge >= 0.3 is 0 Å². The van der Waals surface area contributed by atoms with Crippen molar-refractivity contribution in [1.82, 2.24) is 4.98 Å². The molecule has 0 aliphatic heterocycles. The van der Waals surface area contributed by atoms with Crippen LogP contribution in [0.25, 0.3) is 0 Å². The van der Waals surface area contributed by atoms with Gasteiger partial charge in [-0.15, -0.1) is 0 Å². The summed E-state index contributed by atoms with van der Waals surface area (Å²) >= 11 is 4.53. The van der Waals surface area contributed by atoms with Crippen LogP contribution in [0.1, 0.15) is 15.4 Å². The van der Waals surface area contributed by atoms with E-state index in [1.54, 1.807) is 6.92 Å². The van der Waals surface area contributed by atoms with Crippen LogP contribution in [0.2, 0.25) is 0 Å². The molecule has 3 N–H and O–H groups in total. The number of thiazole rings is 1. The summed E-state index contributed by atoms with van der Waals surface area (Å²) in [6.07, 6.45) is 0. The predicted octanol–water partition coefficient (Wildman–Crippen LogP) is 3.05. The molecule has 0 aliphatic rings. The lowest BCUT2D eigenvalue weighted by Crippen LogP contribution is -2.11. The number of hydrogen-bond donors (Lipinski definition) is 2. The number of halogens is 1. The number of anilines is 2. The first kappa shape index (κ1) is 12.1. The first-order chi connectivity index (χ1) is 8.06. The minimum absolute atomic E-state index is 0.185. The van der Waals surface area contributed by atoms with Gasteiger partial charge in [0.2, 0.25) is 0 Å². The highest BCUT2D eigenvalue weighted by Gasteiger charge is 2.14. The lowest BCUT2D eigenvalue weighted by atomic mass is 10.3. The Morgan fingerprint density at radius 1 is 1.53 bits per heavy atom. The lowest BCUT2D eigenvalue weighted by molar-refractivity contribution is 0.103. The van der Waals surface area contributed by atoms with E-state index in [0.29, 0.717) is 15.7 Å². The Bertz CT molecular complexity index is 568. The van der Waals surface area contributed by atoms with Gasteiger partial charge in [0.15, 0.2) is 5.13 Å². The van der Waals surface area contributed by atoms with Gasteiger partial charge in [0.1, 0.15) is 4.88 Å². The third-order valence-corrected chi connectivity index (χ3v) is 3.58. The maximum atomic E-state index is 11.9. The summed E-state index contributed by atoms with van der Waals surface area (Å²) in [4.78, 5) is 16.5. The molecule has 0 fully saturated rings. The Hall–Kier alpha value is -1.40. The van der Waals surface area contributed by atoms with Crippen molar-refractivity contribution in [2.24, 2.45) is 0 Å². The molecule has 0 radical (unpaired) electrons. The van der Waals surface area contributed by atoms with Crippen LogP contribution in [0.5, 0.6) is 0 Å². The quantitative estimate of drug-likeness (QED) is 0.895. The Balaban J connectivity index is 2.20. The van der Waals surface area contributed by atoms with Gasteiger partial charge in [0.05, 0.1) is 5.69 Å². The molecule has 0 atom stereocenters. The average molecular weight is 312 g/mol. The highest BCUT2D eigenvalue weighted by atomic mass is 79.9. The zero-order chi connectivity index (χ0) is 12.4. The van der Waals surface area contributed by atoms with Gasteiger partial charge in [-0.1, -0.05) is 33.3 Å². The summed E-state index contributed by atoms with van der Waals surface area (Å²) in [7, 11) is 0. The van der Waals surface area contributed by atoms with Gasteiger partial charge in [-0.05, 0) is 25.1 Å². The normalized spacial score (nSPS) is 10.2. The van der Waals surface area contributed by atoms with Crippen LogP contribution >= 0.6 is 27.3 Å². The van der Waals surface area contributed by atoms with Crippen LogP contribution in [0.15, 0.2) is 28.7 Å². The van der Waals surface area contributed by atoms with Gasteiger partial charge in [0, 0.05) is 10.2 Å². The van der Waals surface area contributed by atoms with Crippen LogP contribution < -0.4 is 11.1 Å². The number of aromatic nitrogens is 1. The first-order valence-corrected chi connectivity index (χ1v) is 6.47. The van der Waals surface area contributed by atoms with E-state index < -0.39 is 0 Å². The minimum atomic E-state index is -0.185. The second-order valence-electron chi connectivity index (χ2n) is 3.43. The number of amides is 1. The largest absolute Gasteiger partial charge is 0.375 e. The van der Waals surface area contributed by atoms with Gasteiger partial charge in [-0.25, -0.2) is 4.98 Å². The molecule has 17 heavy (non-hydrogen) atoms. The van der Waals surface area contributed by atoms with Crippen molar-refractivity contribution in [3.05, 3.63) is 39.3 Å². The number of carbonyl (C=O) groups is 1. The molecule has 88 valence electrons. The highest BCUT2D eigenvalue weighted by Crippen LogP contribution is 2.22. The number of nitrogens with zero attached hydrogens (tertiary/aromatic N) is 1. The molecule has 6 heteroatoms. The molecule has 2 rings (SSSR count). The van der Waals surface area contributed by atoms with Crippen molar-refractivity contribution in [3.63, 3.8) is 0 Å². The van der Waals surface area contributed by atoms with Crippen LogP contribution in [0.4, 0.5) is 10.8 Å². The van der Waals surface area contributed by atoms with Crippen molar-refractivity contribution < 1.29 is 4.79 Å². The Labute approximate surface area is 111 Å². The number of carbonyl (C=O) groups excluding carboxylic acids is 1. The Morgan fingerprint density at radius 3 is 2.88 bits per heavy atom. The molecule has 0 saturated heterocycles. The van der Waals surface area contributed by atoms with E-state index >= 15 is 0 Å². The van der Waals surface area contributed by atoms with Crippen LogP contribution in [0, 0.1) is 6.92 Å². The molecule has 0 spiro atoms. The van der Waals surface area contributed by atoms with Gasteiger partial charge in [-0.2, -0.15) is 0 Å². The predicted molar refractivity (Wildman–Crippen MR) is 73.4 cm³/mol. The summed E-state index contributed by atoms with van der Waals surface area (Å²) in [6.45, 7) is 1.77. The highest BCUT2D eigenvalue weighted by molar-refractivity contribution is 9.10. The second-order valence-corrected chi connectivity index (χ2v) is 5.38. The molecule has 0 bridgehead atoms. The number of nitrogen functional groups attached to an aromatic ring is 1. The standard InChI is InChI=1S/C11H10BrN3OS/c1-6-9(17-11(13)14-6)10(16)15-8-4-2-3-7(12)5-8/h2-5H,1H3,(H2,13,14)(H,15,16). The molecular weight excluding hydrogens is 302 g/mol. The fourth-order valence-electron chi connectivity index (χ4n) is 1.38. The summed E-state index contributed by atoms with van der Waals surface area (Å²) in [5.74, 6) is -0.185. The maximum Gasteiger partial charge on any atom is 0.267 e. The summed E-state index contributed by atoms with van der Waals surface area (Å²) in [5.41, 5.74) is 6.94. The van der Waals surface area contributed by atoms with E-state index in [4.69, 9.17) is 5.73 Å². The number of aryl methyl sites for hydroxylation is 1. The van der Waals surface area contributed by atoms with E-state index in [0.717, 1.165) is 10.2 Å². The SMILES string of the molecule is Cc1nc(N)sc1C(=O)Nc1cccc(Br)c1. The second kappa shape index (κ2) is 4.85. The average Bonchev–Trinajstić information content (AvgIpc) is 2.58. The fourth-order valence-corrected chi connectivity index (χ4v) is 2.51. The smallest absolute Gasteiger partial charge is 0.267 e. The number of nitrogens with two attached hydrogens (primary N) is 1. The molecule has 0 unspecified atom stereocenters. The van der Waals surface area contributed by atoms with Crippen molar-refractivity contribution in [2.75, 3.05) is 11.1 Å². The number of benzene rings is 1. The molecule has 4 nitrogen and oxygen atoms in total. The summed E-state index contributed by atoms with van der Waals surface area (Å²) < 4.78 is 0.913. The molecule has 0 aliphatic carbocycles. The molecule has 1 amide bonds. The number of rotatable bonds is 2. The van der Waals surface area contributed by atoms with E-state index in [-0.39, 0.29) is 5.91 Å². The van der Waals surface area contributed by atoms with Crippen molar-refractivity contribution in [1.29, 1.82) is 0 Å². The Morgan fingerprint density at radius 2 is 2.29 bits per heavy atom. The lowest BCUT2D eigenvalue weighted by Gasteiger charge is -2.04. The van der Waals surface area contributed by atoms with Crippen molar-refractivity contribution in [3.8, 4) is 0 Å². The number of nitrogens with one attached hydrogen (secondary N) is 1. The minimum Gasteiger partial charge on any atom is -0.375 e. The Kier molecular flexibility index (Phi) is 3.44. The van der Waals surface area contributed by atoms with E-state index in [2.05, 4.69) is 26.2 Å². The molecule has 1 aromatic carbocycles. The number of hydrogen-bond acceptors (Lipinski definition) is 4. The molecule has 1 aromatic heterocycles. The van der Waals surface area contributed by atoms with Crippen LogP contribution in [-0.4, -0.2) is 10.9 Å². The van der Waals surface area contributed by atoms with Crippen molar-refractivity contribution >= 4 is 44.0 Å². The third kappa shape index (κ3) is 2.83. The summed E-state index contributed by atoms with van der Waals surface area (Å²) in [5, 5.41) is 3.20. The van der Waals surface area contributed by atoms with E-state index in [1.807, 2.05) is 24.3 Å². The zero-order valence-electron chi connectivity index (χ0n) is 9.03. The van der Waals surface area contributed by atoms with Crippen LogP contribution in [0.3, 0.4) is 0 Å². The summed E-state index contributed by atoms with van der Waals surface area (Å²) in [6, 6.07) is 7.40. The van der Waals surface area contributed by atoms with Crippen LogP contribution in [-0.2, 0) is 0 Å². The van der Waals surface area contributed by atoms with E-state index in [1.165, 1.54) is 11.3 Å². The monoisotopic (exact) mass is 311 g/mol. The zero-order valence-corrected chi connectivity index (χ0v) is 11.4. The van der Waals surface area contributed by atoms with Crippen molar-refractivity contribution in [2.45, 2.75) is 6.92 Å². The maximum absolute atomic E-state index is 11.9. The topological polar surface area (TPSA) is 68.0 Å². The molecule has 0 saturated carbocycles.